The molecule has 0 saturated carbocycles. The molecule has 32 heavy (non-hydrogen) atoms. The van der Waals surface area contributed by atoms with Gasteiger partial charge in [0, 0.05) is 49.0 Å². The van der Waals surface area contributed by atoms with Crippen LogP contribution in [0.25, 0.3) is 11.3 Å². The number of piperidine rings is 1. The summed E-state index contributed by atoms with van der Waals surface area (Å²) >= 11 is 12.6. The lowest BCUT2D eigenvalue weighted by Gasteiger charge is -2.49. The van der Waals surface area contributed by atoms with Crippen LogP contribution in [-0.2, 0) is 5.60 Å². The second kappa shape index (κ2) is 8.52. The van der Waals surface area contributed by atoms with E-state index >= 15 is 0 Å². The number of rotatable bonds is 3. The number of aromatic amines is 1. The van der Waals surface area contributed by atoms with Crippen molar-refractivity contribution in [2.75, 3.05) is 26.2 Å². The fourth-order valence-electron chi connectivity index (χ4n) is 4.86. The number of carbonyl (C=O) groups is 1. The van der Waals surface area contributed by atoms with Gasteiger partial charge in [-0.3, -0.25) is 14.8 Å². The van der Waals surface area contributed by atoms with Crippen LogP contribution in [0.2, 0.25) is 10.0 Å². The van der Waals surface area contributed by atoms with E-state index in [9.17, 15) is 9.90 Å². The standard InChI is InChI=1S/C24H24Cl2N4O2/c25-17-6-4-16(5-7-17)24(32)10-8-18-14-29(12-13-30(18)15-24)23(31)20-3-1-2-19(22(20)26)21-9-11-27-28-21/h1-7,9,11,18,32H,8,10,12-15H2,(H,27,28)/t18-,24-/m0/s1. The van der Waals surface area contributed by atoms with E-state index in [1.807, 2.05) is 47.4 Å². The summed E-state index contributed by atoms with van der Waals surface area (Å²) in [4.78, 5) is 17.5. The molecule has 2 aliphatic rings. The van der Waals surface area contributed by atoms with Crippen molar-refractivity contribution < 1.29 is 9.90 Å². The Bertz CT molecular complexity index is 1120. The highest BCUT2D eigenvalue weighted by atomic mass is 35.5. The van der Waals surface area contributed by atoms with Crippen LogP contribution in [0.15, 0.2) is 54.7 Å². The topological polar surface area (TPSA) is 72.5 Å². The summed E-state index contributed by atoms with van der Waals surface area (Å²) in [6, 6.07) is 15.0. The number of amides is 1. The second-order valence-electron chi connectivity index (χ2n) is 8.59. The molecule has 2 atom stereocenters. The number of fused-ring (bicyclic) bond motifs is 1. The van der Waals surface area contributed by atoms with E-state index < -0.39 is 5.60 Å². The molecule has 0 bridgehead atoms. The average molecular weight is 471 g/mol. The highest BCUT2D eigenvalue weighted by molar-refractivity contribution is 6.36. The Morgan fingerprint density at radius 3 is 2.69 bits per heavy atom. The van der Waals surface area contributed by atoms with Gasteiger partial charge in [0.1, 0.15) is 5.60 Å². The van der Waals surface area contributed by atoms with Gasteiger partial charge < -0.3 is 10.0 Å². The average Bonchev–Trinajstić information content (AvgIpc) is 3.33. The summed E-state index contributed by atoms with van der Waals surface area (Å²) in [5.41, 5.74) is 2.04. The molecule has 1 amide bonds. The van der Waals surface area contributed by atoms with Gasteiger partial charge in [-0.25, -0.2) is 0 Å². The van der Waals surface area contributed by atoms with E-state index in [1.54, 1.807) is 12.3 Å². The van der Waals surface area contributed by atoms with Crippen molar-refractivity contribution in [2.45, 2.75) is 24.5 Å². The monoisotopic (exact) mass is 470 g/mol. The van der Waals surface area contributed by atoms with Gasteiger partial charge >= 0.3 is 0 Å². The molecule has 2 aromatic carbocycles. The zero-order valence-electron chi connectivity index (χ0n) is 17.5. The Morgan fingerprint density at radius 1 is 1.12 bits per heavy atom. The number of aromatic nitrogens is 2. The maximum atomic E-state index is 13.3. The van der Waals surface area contributed by atoms with Gasteiger partial charge in [0.15, 0.2) is 0 Å². The lowest BCUT2D eigenvalue weighted by Crippen LogP contribution is -2.60. The van der Waals surface area contributed by atoms with Gasteiger partial charge in [0.25, 0.3) is 5.91 Å². The van der Waals surface area contributed by atoms with E-state index in [-0.39, 0.29) is 11.9 Å². The van der Waals surface area contributed by atoms with E-state index in [0.29, 0.717) is 48.2 Å². The number of piperazine rings is 1. The molecule has 2 N–H and O–H groups in total. The number of nitrogens with zero attached hydrogens (tertiary/aromatic N) is 3. The Kier molecular flexibility index (Phi) is 5.72. The molecular formula is C24H24Cl2N4O2. The van der Waals surface area contributed by atoms with Crippen LogP contribution < -0.4 is 0 Å². The maximum Gasteiger partial charge on any atom is 0.255 e. The molecule has 0 aliphatic carbocycles. The highest BCUT2D eigenvalue weighted by Gasteiger charge is 2.42. The lowest BCUT2D eigenvalue weighted by molar-refractivity contribution is -0.0740. The van der Waals surface area contributed by atoms with Gasteiger partial charge in [-0.1, -0.05) is 47.5 Å². The zero-order valence-corrected chi connectivity index (χ0v) is 19.0. The molecule has 166 valence electrons. The molecule has 0 unspecified atom stereocenters. The maximum absolute atomic E-state index is 13.3. The summed E-state index contributed by atoms with van der Waals surface area (Å²) in [7, 11) is 0. The number of nitrogens with one attached hydrogen (secondary N) is 1. The number of carbonyl (C=O) groups excluding carboxylic acids is 1. The van der Waals surface area contributed by atoms with Crippen molar-refractivity contribution in [3.8, 4) is 11.3 Å². The molecule has 1 aromatic heterocycles. The van der Waals surface area contributed by atoms with Crippen LogP contribution in [0, 0.1) is 0 Å². The van der Waals surface area contributed by atoms with Crippen molar-refractivity contribution in [2.24, 2.45) is 0 Å². The van der Waals surface area contributed by atoms with Crippen molar-refractivity contribution in [3.05, 3.63) is 75.9 Å². The minimum atomic E-state index is -0.894. The molecule has 2 aliphatic heterocycles. The molecule has 5 rings (SSSR count). The number of hydrogen-bond donors (Lipinski definition) is 2. The fourth-order valence-corrected chi connectivity index (χ4v) is 5.29. The van der Waals surface area contributed by atoms with E-state index in [2.05, 4.69) is 15.1 Å². The number of aliphatic hydroxyl groups is 1. The molecule has 6 nitrogen and oxygen atoms in total. The van der Waals surface area contributed by atoms with Crippen LogP contribution in [-0.4, -0.2) is 63.2 Å². The zero-order chi connectivity index (χ0) is 22.3. The highest BCUT2D eigenvalue weighted by Crippen LogP contribution is 2.36. The van der Waals surface area contributed by atoms with Crippen molar-refractivity contribution in [1.29, 1.82) is 0 Å². The SMILES string of the molecule is O=C(c1cccc(-c2ccn[nH]2)c1Cl)N1CCN2C[C@](O)(c3ccc(Cl)cc3)CC[C@H]2C1. The minimum Gasteiger partial charge on any atom is -0.384 e. The first-order valence-corrected chi connectivity index (χ1v) is 11.5. The summed E-state index contributed by atoms with van der Waals surface area (Å²) in [6.45, 7) is 2.48. The van der Waals surface area contributed by atoms with Crippen molar-refractivity contribution in [3.63, 3.8) is 0 Å². The second-order valence-corrected chi connectivity index (χ2v) is 9.40. The minimum absolute atomic E-state index is 0.0606. The third kappa shape index (κ3) is 3.92. The van der Waals surface area contributed by atoms with Crippen molar-refractivity contribution >= 4 is 29.1 Å². The Hall–Kier alpha value is -2.38. The summed E-state index contributed by atoms with van der Waals surface area (Å²) in [6.07, 6.45) is 3.12. The molecule has 8 heteroatoms. The van der Waals surface area contributed by atoms with E-state index in [1.165, 1.54) is 0 Å². The Labute approximate surface area is 196 Å². The van der Waals surface area contributed by atoms with Crippen LogP contribution >= 0.6 is 23.2 Å². The lowest BCUT2D eigenvalue weighted by atomic mass is 9.82. The quantitative estimate of drug-likeness (QED) is 0.601. The summed E-state index contributed by atoms with van der Waals surface area (Å²) in [5, 5.41) is 19.3. The smallest absolute Gasteiger partial charge is 0.255 e. The Balaban J connectivity index is 1.30. The largest absolute Gasteiger partial charge is 0.384 e. The number of benzene rings is 2. The first-order chi connectivity index (χ1) is 15.4. The number of halogens is 2. The molecule has 0 radical (unpaired) electrons. The molecule has 2 saturated heterocycles. The van der Waals surface area contributed by atoms with Crippen LogP contribution in [0.1, 0.15) is 28.8 Å². The summed E-state index contributed by atoms with van der Waals surface area (Å²) < 4.78 is 0. The predicted molar refractivity (Wildman–Crippen MR) is 125 cm³/mol. The van der Waals surface area contributed by atoms with Gasteiger partial charge in [0.2, 0.25) is 0 Å². The van der Waals surface area contributed by atoms with Gasteiger partial charge in [-0.2, -0.15) is 5.10 Å². The van der Waals surface area contributed by atoms with Gasteiger partial charge in [0.05, 0.1) is 16.3 Å². The normalized spacial score (nSPS) is 23.7. The predicted octanol–water partition coefficient (Wildman–Crippen LogP) is 4.19. The third-order valence-corrected chi connectivity index (χ3v) is 7.31. The molecule has 3 heterocycles. The molecule has 3 aromatic rings. The van der Waals surface area contributed by atoms with Crippen LogP contribution in [0.4, 0.5) is 0 Å². The fraction of sp³-hybridized carbons (Fsp3) is 0.333. The van der Waals surface area contributed by atoms with E-state index in [0.717, 1.165) is 23.2 Å². The van der Waals surface area contributed by atoms with Crippen LogP contribution in [0.5, 0.6) is 0 Å². The first kappa shape index (κ1) is 21.5. The van der Waals surface area contributed by atoms with Crippen molar-refractivity contribution in [1.82, 2.24) is 20.0 Å². The molecule has 2 fully saturated rings. The number of hydrogen-bond acceptors (Lipinski definition) is 4. The summed E-state index contributed by atoms with van der Waals surface area (Å²) in [5.74, 6) is -0.0606. The van der Waals surface area contributed by atoms with Gasteiger partial charge in [-0.15, -0.1) is 0 Å². The van der Waals surface area contributed by atoms with Gasteiger partial charge in [-0.05, 0) is 42.7 Å². The molecular weight excluding hydrogens is 447 g/mol. The van der Waals surface area contributed by atoms with Crippen LogP contribution in [0.3, 0.4) is 0 Å². The first-order valence-electron chi connectivity index (χ1n) is 10.7. The van der Waals surface area contributed by atoms with E-state index in [4.69, 9.17) is 23.2 Å². The number of H-pyrrole nitrogens is 1. The molecule has 0 spiro atoms. The third-order valence-electron chi connectivity index (χ3n) is 6.65. The Morgan fingerprint density at radius 2 is 1.94 bits per heavy atom.